The summed E-state index contributed by atoms with van der Waals surface area (Å²) in [5, 5.41) is 4.85. The number of nitrogens with one attached hydrogen (secondary N) is 1. The zero-order valence-corrected chi connectivity index (χ0v) is 13.4. The van der Waals surface area contributed by atoms with Gasteiger partial charge in [0.25, 0.3) is 5.91 Å². The molecule has 4 nitrogen and oxygen atoms in total. The van der Waals surface area contributed by atoms with Crippen LogP contribution in [0.15, 0.2) is 17.5 Å². The van der Waals surface area contributed by atoms with Gasteiger partial charge in [0.2, 0.25) is 0 Å². The van der Waals surface area contributed by atoms with E-state index in [1.807, 2.05) is 19.2 Å². The van der Waals surface area contributed by atoms with Crippen molar-refractivity contribution in [3.63, 3.8) is 0 Å². The van der Waals surface area contributed by atoms with E-state index in [4.69, 9.17) is 4.74 Å². The molecule has 0 spiro atoms. The molecule has 0 saturated heterocycles. The molecule has 1 saturated carbocycles. The SMILES string of the molecule is CC(C)C[C@@H](OC(=O)c1cccs1)C(=O)NC1CCCC1. The van der Waals surface area contributed by atoms with Crippen molar-refractivity contribution >= 4 is 23.2 Å². The highest BCUT2D eigenvalue weighted by molar-refractivity contribution is 7.11. The minimum absolute atomic E-state index is 0.152. The van der Waals surface area contributed by atoms with Gasteiger partial charge in [-0.3, -0.25) is 4.79 Å². The van der Waals surface area contributed by atoms with Crippen LogP contribution in [0.25, 0.3) is 0 Å². The van der Waals surface area contributed by atoms with Crippen LogP contribution in [0.3, 0.4) is 0 Å². The van der Waals surface area contributed by atoms with Crippen LogP contribution in [0, 0.1) is 5.92 Å². The number of esters is 1. The second-order valence-electron chi connectivity index (χ2n) is 5.99. The van der Waals surface area contributed by atoms with Crippen LogP contribution in [0.4, 0.5) is 0 Å². The lowest BCUT2D eigenvalue weighted by atomic mass is 10.0. The van der Waals surface area contributed by atoms with E-state index in [9.17, 15) is 9.59 Å². The molecule has 1 aliphatic rings. The van der Waals surface area contributed by atoms with Crippen LogP contribution >= 0.6 is 11.3 Å². The Hall–Kier alpha value is -1.36. The van der Waals surface area contributed by atoms with Crippen molar-refractivity contribution < 1.29 is 14.3 Å². The molecule has 1 aromatic heterocycles. The van der Waals surface area contributed by atoms with Crippen LogP contribution in [0.5, 0.6) is 0 Å². The van der Waals surface area contributed by atoms with Gasteiger partial charge in [-0.25, -0.2) is 4.79 Å². The molecule has 0 bridgehead atoms. The molecule has 1 aromatic rings. The molecule has 1 heterocycles. The second kappa shape index (κ2) is 7.59. The van der Waals surface area contributed by atoms with E-state index < -0.39 is 12.1 Å². The summed E-state index contributed by atoms with van der Waals surface area (Å²) in [7, 11) is 0. The summed E-state index contributed by atoms with van der Waals surface area (Å²) in [6.07, 6.45) is 4.23. The van der Waals surface area contributed by atoms with Crippen LogP contribution < -0.4 is 5.32 Å². The van der Waals surface area contributed by atoms with Gasteiger partial charge in [0.1, 0.15) is 4.88 Å². The highest BCUT2D eigenvalue weighted by Crippen LogP contribution is 2.19. The van der Waals surface area contributed by atoms with E-state index in [0.29, 0.717) is 17.2 Å². The zero-order chi connectivity index (χ0) is 15.2. The van der Waals surface area contributed by atoms with E-state index in [1.165, 1.54) is 11.3 Å². The lowest BCUT2D eigenvalue weighted by Crippen LogP contribution is -2.42. The average molecular weight is 309 g/mol. The maximum atomic E-state index is 12.4. The highest BCUT2D eigenvalue weighted by atomic mass is 32.1. The Balaban J connectivity index is 1.95. The lowest BCUT2D eigenvalue weighted by molar-refractivity contribution is -0.131. The summed E-state index contributed by atoms with van der Waals surface area (Å²) in [6, 6.07) is 3.76. The number of amides is 1. The average Bonchev–Trinajstić information content (AvgIpc) is 3.10. The first kappa shape index (κ1) is 16.0. The monoisotopic (exact) mass is 309 g/mol. The number of carbonyl (C=O) groups is 2. The third-order valence-electron chi connectivity index (χ3n) is 3.65. The molecule has 1 atom stereocenters. The smallest absolute Gasteiger partial charge is 0.349 e. The van der Waals surface area contributed by atoms with Gasteiger partial charge in [0.15, 0.2) is 6.10 Å². The van der Waals surface area contributed by atoms with E-state index in [-0.39, 0.29) is 11.9 Å². The number of hydrogen-bond donors (Lipinski definition) is 1. The molecule has 0 aromatic carbocycles. The summed E-state index contributed by atoms with van der Waals surface area (Å²) in [6.45, 7) is 4.05. The van der Waals surface area contributed by atoms with Gasteiger partial charge in [-0.15, -0.1) is 11.3 Å². The number of rotatable bonds is 6. The fourth-order valence-corrected chi connectivity index (χ4v) is 3.19. The van der Waals surface area contributed by atoms with Gasteiger partial charge < -0.3 is 10.1 Å². The Labute approximate surface area is 129 Å². The van der Waals surface area contributed by atoms with Gasteiger partial charge in [0, 0.05) is 6.04 Å². The molecule has 1 aliphatic carbocycles. The van der Waals surface area contributed by atoms with Crippen LogP contribution in [-0.4, -0.2) is 24.0 Å². The van der Waals surface area contributed by atoms with Gasteiger partial charge in [-0.05, 0) is 36.6 Å². The molecule has 116 valence electrons. The maximum absolute atomic E-state index is 12.4. The first-order valence-corrected chi connectivity index (χ1v) is 8.49. The molecule has 2 rings (SSSR count). The van der Waals surface area contributed by atoms with Crippen molar-refractivity contribution in [3.05, 3.63) is 22.4 Å². The van der Waals surface area contributed by atoms with Crippen LogP contribution in [0.2, 0.25) is 0 Å². The lowest BCUT2D eigenvalue weighted by Gasteiger charge is -2.21. The fraction of sp³-hybridized carbons (Fsp3) is 0.625. The summed E-state index contributed by atoms with van der Waals surface area (Å²) < 4.78 is 5.44. The molecule has 1 amide bonds. The van der Waals surface area contributed by atoms with Crippen LogP contribution in [-0.2, 0) is 9.53 Å². The molecule has 0 radical (unpaired) electrons. The second-order valence-corrected chi connectivity index (χ2v) is 6.94. The Morgan fingerprint density at radius 3 is 2.67 bits per heavy atom. The molecular weight excluding hydrogens is 286 g/mol. The van der Waals surface area contributed by atoms with E-state index >= 15 is 0 Å². The minimum atomic E-state index is -0.694. The predicted octanol–water partition coefficient (Wildman–Crippen LogP) is 3.38. The topological polar surface area (TPSA) is 55.4 Å². The van der Waals surface area contributed by atoms with E-state index in [1.54, 1.807) is 12.1 Å². The standard InChI is InChI=1S/C16H23NO3S/c1-11(2)10-13(15(18)17-12-6-3-4-7-12)20-16(19)14-8-5-9-21-14/h5,8-9,11-13H,3-4,6-7,10H2,1-2H3,(H,17,18)/t13-/m1/s1. The molecule has 21 heavy (non-hydrogen) atoms. The molecule has 1 N–H and O–H groups in total. The van der Waals surface area contributed by atoms with Crippen molar-refractivity contribution in [2.24, 2.45) is 5.92 Å². The quantitative estimate of drug-likeness (QED) is 0.820. The maximum Gasteiger partial charge on any atom is 0.349 e. The largest absolute Gasteiger partial charge is 0.448 e. The Kier molecular flexibility index (Phi) is 5.79. The third-order valence-corrected chi connectivity index (χ3v) is 4.50. The molecule has 0 aliphatic heterocycles. The van der Waals surface area contributed by atoms with Crippen molar-refractivity contribution in [2.45, 2.75) is 58.1 Å². The first-order valence-electron chi connectivity index (χ1n) is 7.61. The Morgan fingerprint density at radius 2 is 2.10 bits per heavy atom. The summed E-state index contributed by atoms with van der Waals surface area (Å²) in [5.41, 5.74) is 0. The Bertz CT molecular complexity index is 464. The highest BCUT2D eigenvalue weighted by Gasteiger charge is 2.27. The normalized spacial score (nSPS) is 16.9. The first-order chi connectivity index (χ1) is 10.1. The van der Waals surface area contributed by atoms with Gasteiger partial charge in [-0.1, -0.05) is 32.8 Å². The Morgan fingerprint density at radius 1 is 1.38 bits per heavy atom. The molecule has 5 heteroatoms. The number of hydrogen-bond acceptors (Lipinski definition) is 4. The van der Waals surface area contributed by atoms with Gasteiger partial charge in [0.05, 0.1) is 0 Å². The summed E-state index contributed by atoms with van der Waals surface area (Å²) in [5.74, 6) is -0.266. The third kappa shape index (κ3) is 4.84. The predicted molar refractivity (Wildman–Crippen MR) is 83.4 cm³/mol. The number of thiophene rings is 1. The van der Waals surface area contributed by atoms with Crippen molar-refractivity contribution in [3.8, 4) is 0 Å². The zero-order valence-electron chi connectivity index (χ0n) is 12.6. The van der Waals surface area contributed by atoms with Crippen molar-refractivity contribution in [1.29, 1.82) is 0 Å². The fourth-order valence-electron chi connectivity index (χ4n) is 2.58. The number of ether oxygens (including phenoxy) is 1. The van der Waals surface area contributed by atoms with E-state index in [2.05, 4.69) is 5.32 Å². The van der Waals surface area contributed by atoms with Crippen LogP contribution in [0.1, 0.15) is 55.6 Å². The minimum Gasteiger partial charge on any atom is -0.448 e. The summed E-state index contributed by atoms with van der Waals surface area (Å²) in [4.78, 5) is 24.9. The molecule has 1 fully saturated rings. The van der Waals surface area contributed by atoms with Crippen molar-refractivity contribution in [2.75, 3.05) is 0 Å². The van der Waals surface area contributed by atoms with Crippen molar-refractivity contribution in [1.82, 2.24) is 5.32 Å². The molecular formula is C16H23NO3S. The number of carbonyl (C=O) groups excluding carboxylic acids is 2. The molecule has 0 unspecified atom stereocenters. The van der Waals surface area contributed by atoms with Gasteiger partial charge in [-0.2, -0.15) is 0 Å². The summed E-state index contributed by atoms with van der Waals surface area (Å²) >= 11 is 1.33. The van der Waals surface area contributed by atoms with Gasteiger partial charge >= 0.3 is 5.97 Å². The van der Waals surface area contributed by atoms with E-state index in [0.717, 1.165) is 25.7 Å².